The topological polar surface area (TPSA) is 73.2 Å². The van der Waals surface area contributed by atoms with E-state index in [1.807, 2.05) is 6.92 Å². The summed E-state index contributed by atoms with van der Waals surface area (Å²) in [6.07, 6.45) is -3.25. The van der Waals surface area contributed by atoms with Gasteiger partial charge >= 0.3 is 6.18 Å². The summed E-state index contributed by atoms with van der Waals surface area (Å²) in [7, 11) is 0. The number of nitrogens with one attached hydrogen (secondary N) is 1. The van der Waals surface area contributed by atoms with Gasteiger partial charge in [-0.2, -0.15) is 18.3 Å². The Bertz CT molecular complexity index is 1130. The van der Waals surface area contributed by atoms with Gasteiger partial charge in [0.2, 0.25) is 5.43 Å². The summed E-state index contributed by atoms with van der Waals surface area (Å²) in [5.41, 5.74) is -1.92. The number of benzene rings is 2. The van der Waals surface area contributed by atoms with Gasteiger partial charge in [0.1, 0.15) is 5.75 Å². The number of hydrogen-bond acceptors (Lipinski definition) is 4. The molecule has 3 aromatic rings. The van der Waals surface area contributed by atoms with Gasteiger partial charge in [-0.1, -0.05) is 11.6 Å². The van der Waals surface area contributed by atoms with E-state index in [9.17, 15) is 22.8 Å². The summed E-state index contributed by atoms with van der Waals surface area (Å²) in [5, 5.41) is 6.11. The van der Waals surface area contributed by atoms with Crippen molar-refractivity contribution >= 4 is 23.2 Å². The lowest BCUT2D eigenvalue weighted by atomic mass is 10.2. The molecule has 0 unspecified atom stereocenters. The minimum absolute atomic E-state index is 0.112. The van der Waals surface area contributed by atoms with Crippen LogP contribution in [-0.4, -0.2) is 22.3 Å². The SMILES string of the molecule is CCOc1ccc(-n2ccc(=O)c(C(=O)Nc3cc(C(F)(F)F)ccc3Cl)n2)cc1. The number of ether oxygens (including phenoxy) is 1. The quantitative estimate of drug-likeness (QED) is 0.635. The van der Waals surface area contributed by atoms with Crippen molar-refractivity contribution in [1.29, 1.82) is 0 Å². The molecular formula is C20H15ClF3N3O3. The summed E-state index contributed by atoms with van der Waals surface area (Å²) in [6, 6.07) is 10.4. The van der Waals surface area contributed by atoms with E-state index in [0.29, 0.717) is 24.1 Å². The fourth-order valence-corrected chi connectivity index (χ4v) is 2.71. The summed E-state index contributed by atoms with van der Waals surface area (Å²) in [6.45, 7) is 2.34. The standard InChI is InChI=1S/C20H15ClF3N3O3/c1-2-30-14-6-4-13(5-7-14)27-10-9-17(28)18(26-27)19(29)25-16-11-12(20(22,23)24)3-8-15(16)21/h3-11H,2H2,1H3,(H,25,29). The van der Waals surface area contributed by atoms with Gasteiger partial charge in [0.15, 0.2) is 5.69 Å². The molecule has 0 saturated carbocycles. The van der Waals surface area contributed by atoms with E-state index < -0.39 is 28.8 Å². The van der Waals surface area contributed by atoms with Gasteiger partial charge in [-0.15, -0.1) is 0 Å². The van der Waals surface area contributed by atoms with Crippen LogP contribution in [0.4, 0.5) is 18.9 Å². The molecule has 0 bridgehead atoms. The molecule has 156 valence electrons. The Labute approximate surface area is 173 Å². The minimum atomic E-state index is -4.62. The number of rotatable bonds is 5. The van der Waals surface area contributed by atoms with Crippen molar-refractivity contribution in [3.63, 3.8) is 0 Å². The predicted molar refractivity (Wildman–Crippen MR) is 105 cm³/mol. The van der Waals surface area contributed by atoms with E-state index in [-0.39, 0.29) is 10.7 Å². The molecule has 0 aliphatic heterocycles. The van der Waals surface area contributed by atoms with Crippen LogP contribution in [0.5, 0.6) is 5.75 Å². The largest absolute Gasteiger partial charge is 0.494 e. The molecule has 0 aliphatic rings. The van der Waals surface area contributed by atoms with Crippen molar-refractivity contribution in [2.45, 2.75) is 13.1 Å². The highest BCUT2D eigenvalue weighted by molar-refractivity contribution is 6.33. The van der Waals surface area contributed by atoms with Gasteiger partial charge in [0.05, 0.1) is 28.6 Å². The number of carbonyl (C=O) groups excluding carboxylic acids is 1. The van der Waals surface area contributed by atoms with E-state index in [2.05, 4.69) is 10.4 Å². The summed E-state index contributed by atoms with van der Waals surface area (Å²) in [5.74, 6) is -0.346. The van der Waals surface area contributed by atoms with E-state index in [1.54, 1.807) is 24.3 Å². The van der Waals surface area contributed by atoms with E-state index in [4.69, 9.17) is 16.3 Å². The average Bonchev–Trinajstić information content (AvgIpc) is 2.70. The molecule has 0 radical (unpaired) electrons. The second kappa shape index (κ2) is 8.58. The first-order chi connectivity index (χ1) is 14.2. The third kappa shape index (κ3) is 4.80. The van der Waals surface area contributed by atoms with Gasteiger partial charge in [0, 0.05) is 12.3 Å². The van der Waals surface area contributed by atoms with Crippen LogP contribution >= 0.6 is 11.6 Å². The van der Waals surface area contributed by atoms with Crippen molar-refractivity contribution in [3.8, 4) is 11.4 Å². The molecule has 1 amide bonds. The highest BCUT2D eigenvalue weighted by Gasteiger charge is 2.31. The van der Waals surface area contributed by atoms with Gasteiger partial charge in [-0.05, 0) is 49.4 Å². The van der Waals surface area contributed by atoms with Gasteiger partial charge < -0.3 is 10.1 Å². The molecule has 0 spiro atoms. The second-order valence-corrected chi connectivity index (χ2v) is 6.45. The van der Waals surface area contributed by atoms with Crippen LogP contribution in [0.15, 0.2) is 59.5 Å². The average molecular weight is 438 g/mol. The highest BCUT2D eigenvalue weighted by Crippen LogP contribution is 2.33. The van der Waals surface area contributed by atoms with Gasteiger partial charge in [0.25, 0.3) is 5.91 Å². The third-order valence-corrected chi connectivity index (χ3v) is 4.31. The first-order valence-electron chi connectivity index (χ1n) is 8.70. The van der Waals surface area contributed by atoms with Gasteiger partial charge in [-0.25, -0.2) is 4.68 Å². The molecule has 1 aromatic heterocycles. The van der Waals surface area contributed by atoms with Crippen LogP contribution in [0.25, 0.3) is 5.69 Å². The van der Waals surface area contributed by atoms with E-state index in [1.165, 1.54) is 10.9 Å². The monoisotopic (exact) mass is 437 g/mol. The smallest absolute Gasteiger partial charge is 0.416 e. The maximum Gasteiger partial charge on any atom is 0.416 e. The zero-order chi connectivity index (χ0) is 21.9. The fraction of sp³-hybridized carbons (Fsp3) is 0.150. The first kappa shape index (κ1) is 21.4. The Hall–Kier alpha value is -3.33. The molecule has 1 heterocycles. The number of aromatic nitrogens is 2. The second-order valence-electron chi connectivity index (χ2n) is 6.05. The Morgan fingerprint density at radius 1 is 1.17 bits per heavy atom. The van der Waals surface area contributed by atoms with Crippen LogP contribution in [-0.2, 0) is 6.18 Å². The van der Waals surface area contributed by atoms with Crippen LogP contribution in [0.1, 0.15) is 23.0 Å². The molecular weight excluding hydrogens is 423 g/mol. The molecule has 1 N–H and O–H groups in total. The number of nitrogens with zero attached hydrogens (tertiary/aromatic N) is 2. The Morgan fingerprint density at radius 3 is 2.50 bits per heavy atom. The number of amides is 1. The Morgan fingerprint density at radius 2 is 1.87 bits per heavy atom. The number of alkyl halides is 3. The molecule has 0 fully saturated rings. The lowest BCUT2D eigenvalue weighted by Crippen LogP contribution is -2.25. The van der Waals surface area contributed by atoms with Gasteiger partial charge in [-0.3, -0.25) is 9.59 Å². The number of carbonyl (C=O) groups is 1. The lowest BCUT2D eigenvalue weighted by molar-refractivity contribution is -0.137. The zero-order valence-corrected chi connectivity index (χ0v) is 16.3. The van der Waals surface area contributed by atoms with Crippen LogP contribution in [0.2, 0.25) is 5.02 Å². The molecule has 30 heavy (non-hydrogen) atoms. The number of anilines is 1. The summed E-state index contributed by atoms with van der Waals surface area (Å²) < 4.78 is 45.4. The summed E-state index contributed by atoms with van der Waals surface area (Å²) in [4.78, 5) is 24.6. The Kier molecular flexibility index (Phi) is 6.12. The van der Waals surface area contributed by atoms with Crippen LogP contribution in [0.3, 0.4) is 0 Å². The maximum atomic E-state index is 12.9. The van der Waals surface area contributed by atoms with Crippen molar-refractivity contribution in [2.24, 2.45) is 0 Å². The van der Waals surface area contributed by atoms with E-state index in [0.717, 1.165) is 18.2 Å². The van der Waals surface area contributed by atoms with Crippen molar-refractivity contribution < 1.29 is 22.7 Å². The molecule has 6 nitrogen and oxygen atoms in total. The first-order valence-corrected chi connectivity index (χ1v) is 9.08. The molecule has 0 aliphatic carbocycles. The molecule has 3 rings (SSSR count). The normalized spacial score (nSPS) is 11.2. The van der Waals surface area contributed by atoms with Crippen molar-refractivity contribution in [3.05, 3.63) is 81.2 Å². The maximum absolute atomic E-state index is 12.9. The molecule has 0 atom stereocenters. The van der Waals surface area contributed by atoms with Crippen molar-refractivity contribution in [2.75, 3.05) is 11.9 Å². The van der Waals surface area contributed by atoms with Crippen molar-refractivity contribution in [1.82, 2.24) is 9.78 Å². The number of halogens is 4. The minimum Gasteiger partial charge on any atom is -0.494 e. The molecule has 10 heteroatoms. The highest BCUT2D eigenvalue weighted by atomic mass is 35.5. The van der Waals surface area contributed by atoms with E-state index >= 15 is 0 Å². The fourth-order valence-electron chi connectivity index (χ4n) is 2.55. The molecule has 2 aromatic carbocycles. The Balaban J connectivity index is 1.90. The summed E-state index contributed by atoms with van der Waals surface area (Å²) >= 11 is 5.89. The number of hydrogen-bond donors (Lipinski definition) is 1. The third-order valence-electron chi connectivity index (χ3n) is 3.98. The lowest BCUT2D eigenvalue weighted by Gasteiger charge is -2.12. The zero-order valence-electron chi connectivity index (χ0n) is 15.5. The van der Waals surface area contributed by atoms with Crippen LogP contribution < -0.4 is 15.5 Å². The molecule has 0 saturated heterocycles. The van der Waals surface area contributed by atoms with Crippen LogP contribution in [0, 0.1) is 0 Å². The predicted octanol–water partition coefficient (Wildman–Crippen LogP) is 4.56.